The first-order chi connectivity index (χ1) is 14.2. The van der Waals surface area contributed by atoms with Crippen LogP contribution in [0.4, 0.5) is 0 Å². The molecule has 4 rings (SSSR count). The van der Waals surface area contributed by atoms with Gasteiger partial charge in [-0.15, -0.1) is 0 Å². The van der Waals surface area contributed by atoms with Gasteiger partial charge in [0, 0.05) is 29.7 Å². The topological polar surface area (TPSA) is 119 Å². The van der Waals surface area contributed by atoms with Crippen molar-refractivity contribution in [3.8, 4) is 39.9 Å². The number of rotatable bonds is 4. The average Bonchev–Trinajstić information content (AvgIpc) is 3.12. The van der Waals surface area contributed by atoms with E-state index >= 15 is 0 Å². The van der Waals surface area contributed by atoms with Crippen molar-refractivity contribution >= 4 is 11.0 Å². The highest BCUT2D eigenvalue weighted by Crippen LogP contribution is 2.49. The molecule has 0 saturated heterocycles. The Labute approximate surface area is 171 Å². The second kappa shape index (κ2) is 6.84. The number of aliphatic hydroxyl groups is 1. The fraction of sp³-hybridized carbons (Fsp3) is 0.318. The van der Waals surface area contributed by atoms with Crippen molar-refractivity contribution in [2.24, 2.45) is 0 Å². The highest BCUT2D eigenvalue weighted by Gasteiger charge is 2.39. The molecule has 0 radical (unpaired) electrons. The molecule has 0 spiro atoms. The Kier molecular flexibility index (Phi) is 4.54. The molecule has 158 valence electrons. The third kappa shape index (κ3) is 3.00. The molecule has 0 fully saturated rings. The van der Waals surface area contributed by atoms with Crippen molar-refractivity contribution in [2.45, 2.75) is 32.0 Å². The summed E-state index contributed by atoms with van der Waals surface area (Å²) in [6.45, 7) is 3.28. The summed E-state index contributed by atoms with van der Waals surface area (Å²) in [5, 5.41) is 30.3. The maximum Gasteiger partial charge on any atom is 0.204 e. The summed E-state index contributed by atoms with van der Waals surface area (Å²) in [4.78, 5) is 13.2. The van der Waals surface area contributed by atoms with Gasteiger partial charge in [-0.25, -0.2) is 0 Å². The van der Waals surface area contributed by atoms with Crippen LogP contribution in [0.5, 0.6) is 28.7 Å². The number of phenols is 2. The van der Waals surface area contributed by atoms with E-state index in [0.717, 1.165) is 6.07 Å². The average molecular weight is 414 g/mol. The SMILES string of the molecule is COc1cc(-c2coc3cc(O)cc(O)c3c2=O)c2c(c1OC)CC(C(C)(C)O)O2. The summed E-state index contributed by atoms with van der Waals surface area (Å²) >= 11 is 0. The Morgan fingerprint density at radius 3 is 2.47 bits per heavy atom. The minimum absolute atomic E-state index is 0.0497. The van der Waals surface area contributed by atoms with Gasteiger partial charge in [0.05, 0.1) is 25.4 Å². The summed E-state index contributed by atoms with van der Waals surface area (Å²) in [7, 11) is 2.99. The van der Waals surface area contributed by atoms with Crippen molar-refractivity contribution in [2.75, 3.05) is 14.2 Å². The van der Waals surface area contributed by atoms with E-state index in [9.17, 15) is 20.1 Å². The van der Waals surface area contributed by atoms with Gasteiger partial charge in [-0.3, -0.25) is 4.79 Å². The molecule has 1 aliphatic heterocycles. The standard InChI is InChI=1S/C22H22O8/c1-22(2,26)17-8-12-20(30-17)11(7-16(27-3)21(12)28-4)13-9-29-15-6-10(23)5-14(24)18(15)19(13)25/h5-7,9,17,23-24,26H,8H2,1-4H3. The Balaban J connectivity index is 2.01. The molecular weight excluding hydrogens is 392 g/mol. The zero-order valence-electron chi connectivity index (χ0n) is 17.0. The van der Waals surface area contributed by atoms with Gasteiger partial charge in [-0.2, -0.15) is 0 Å². The molecule has 1 aliphatic rings. The lowest BCUT2D eigenvalue weighted by Gasteiger charge is -2.24. The molecule has 8 nitrogen and oxygen atoms in total. The van der Waals surface area contributed by atoms with Crippen LogP contribution in [-0.4, -0.2) is 41.2 Å². The van der Waals surface area contributed by atoms with Crippen molar-refractivity contribution in [3.05, 3.63) is 40.2 Å². The fourth-order valence-corrected chi connectivity index (χ4v) is 3.74. The van der Waals surface area contributed by atoms with Crippen molar-refractivity contribution in [3.63, 3.8) is 0 Å². The number of hydrogen-bond acceptors (Lipinski definition) is 8. The number of methoxy groups -OCH3 is 2. The van der Waals surface area contributed by atoms with E-state index in [-0.39, 0.29) is 22.3 Å². The summed E-state index contributed by atoms with van der Waals surface area (Å²) in [5.41, 5.74) is -0.409. The second-order valence-electron chi connectivity index (χ2n) is 7.75. The largest absolute Gasteiger partial charge is 0.508 e. The first-order valence-electron chi connectivity index (χ1n) is 9.30. The van der Waals surface area contributed by atoms with E-state index in [4.69, 9.17) is 18.6 Å². The van der Waals surface area contributed by atoms with E-state index in [1.54, 1.807) is 19.9 Å². The van der Waals surface area contributed by atoms with E-state index < -0.39 is 22.9 Å². The predicted octanol–water partition coefficient (Wildman–Crippen LogP) is 2.96. The first-order valence-corrected chi connectivity index (χ1v) is 9.30. The zero-order chi connectivity index (χ0) is 21.8. The molecule has 0 amide bonds. The normalized spacial score (nSPS) is 15.7. The number of phenolic OH excluding ortho intramolecular Hbond substituents is 2. The molecule has 1 atom stereocenters. The molecule has 3 aromatic rings. The monoisotopic (exact) mass is 414 g/mol. The number of fused-ring (bicyclic) bond motifs is 2. The molecule has 0 bridgehead atoms. The van der Waals surface area contributed by atoms with Crippen LogP contribution >= 0.6 is 0 Å². The lowest BCUT2D eigenvalue weighted by Crippen LogP contribution is -2.39. The summed E-state index contributed by atoms with van der Waals surface area (Å²) < 4.78 is 22.5. The van der Waals surface area contributed by atoms with Gasteiger partial charge >= 0.3 is 0 Å². The van der Waals surface area contributed by atoms with E-state index in [1.807, 2.05) is 0 Å². The van der Waals surface area contributed by atoms with Gasteiger partial charge in [-0.1, -0.05) is 0 Å². The quantitative estimate of drug-likeness (QED) is 0.596. The van der Waals surface area contributed by atoms with Crippen LogP contribution in [0.3, 0.4) is 0 Å². The van der Waals surface area contributed by atoms with Gasteiger partial charge in [0.2, 0.25) is 5.43 Å². The predicted molar refractivity (Wildman–Crippen MR) is 109 cm³/mol. The van der Waals surface area contributed by atoms with Gasteiger partial charge in [0.25, 0.3) is 0 Å². The Hall–Kier alpha value is -3.39. The molecule has 1 aromatic heterocycles. The lowest BCUT2D eigenvalue weighted by atomic mass is 9.95. The zero-order valence-corrected chi connectivity index (χ0v) is 17.0. The molecule has 0 aliphatic carbocycles. The highest BCUT2D eigenvalue weighted by atomic mass is 16.5. The van der Waals surface area contributed by atoms with E-state index in [0.29, 0.717) is 34.8 Å². The van der Waals surface area contributed by atoms with Crippen LogP contribution in [0.25, 0.3) is 22.1 Å². The van der Waals surface area contributed by atoms with Crippen LogP contribution in [0.15, 0.2) is 33.7 Å². The van der Waals surface area contributed by atoms with Crippen LogP contribution in [0.2, 0.25) is 0 Å². The van der Waals surface area contributed by atoms with E-state index in [1.165, 1.54) is 26.5 Å². The molecule has 3 N–H and O–H groups in total. The van der Waals surface area contributed by atoms with Crippen molar-refractivity contribution < 1.29 is 33.9 Å². The summed E-state index contributed by atoms with van der Waals surface area (Å²) in [6.07, 6.45) is 1.03. The first kappa shape index (κ1) is 19.9. The Morgan fingerprint density at radius 2 is 1.83 bits per heavy atom. The number of ether oxygens (including phenoxy) is 3. The third-order valence-corrected chi connectivity index (χ3v) is 5.29. The molecule has 8 heteroatoms. The molecule has 2 heterocycles. The van der Waals surface area contributed by atoms with E-state index in [2.05, 4.69) is 0 Å². The molecule has 1 unspecified atom stereocenters. The highest BCUT2D eigenvalue weighted by molar-refractivity contribution is 5.89. The Morgan fingerprint density at radius 1 is 1.10 bits per heavy atom. The third-order valence-electron chi connectivity index (χ3n) is 5.29. The second-order valence-corrected chi connectivity index (χ2v) is 7.75. The maximum absolute atomic E-state index is 13.2. The molecular formula is C22H22O8. The van der Waals surface area contributed by atoms with Crippen molar-refractivity contribution in [1.29, 1.82) is 0 Å². The molecule has 2 aromatic carbocycles. The minimum atomic E-state index is -1.14. The van der Waals surface area contributed by atoms with Crippen LogP contribution in [-0.2, 0) is 6.42 Å². The smallest absolute Gasteiger partial charge is 0.204 e. The number of hydrogen-bond donors (Lipinski definition) is 3. The fourth-order valence-electron chi connectivity index (χ4n) is 3.74. The molecule has 0 saturated carbocycles. The molecule has 30 heavy (non-hydrogen) atoms. The van der Waals surface area contributed by atoms with Gasteiger partial charge in [0.15, 0.2) is 11.5 Å². The summed E-state index contributed by atoms with van der Waals surface area (Å²) in [5.74, 6) is 0.610. The number of benzene rings is 2. The maximum atomic E-state index is 13.2. The van der Waals surface area contributed by atoms with Gasteiger partial charge in [0.1, 0.15) is 40.6 Å². The minimum Gasteiger partial charge on any atom is -0.508 e. The van der Waals surface area contributed by atoms with Crippen LogP contribution in [0, 0.1) is 0 Å². The van der Waals surface area contributed by atoms with Crippen LogP contribution in [0.1, 0.15) is 19.4 Å². The number of aromatic hydroxyl groups is 2. The van der Waals surface area contributed by atoms with Gasteiger partial charge < -0.3 is 33.9 Å². The summed E-state index contributed by atoms with van der Waals surface area (Å²) in [6, 6.07) is 3.92. The lowest BCUT2D eigenvalue weighted by molar-refractivity contribution is -0.0228. The van der Waals surface area contributed by atoms with Crippen LogP contribution < -0.4 is 19.6 Å². The van der Waals surface area contributed by atoms with Crippen molar-refractivity contribution in [1.82, 2.24) is 0 Å². The Bertz CT molecular complexity index is 1200. The van der Waals surface area contributed by atoms with Gasteiger partial charge in [-0.05, 0) is 19.9 Å².